The van der Waals surface area contributed by atoms with E-state index < -0.39 is 39.2 Å². The molecule has 1 aromatic carbocycles. The van der Waals surface area contributed by atoms with Crippen LogP contribution in [0, 0.1) is 11.3 Å². The molecule has 0 spiro atoms. The van der Waals surface area contributed by atoms with Crippen LogP contribution in [0.3, 0.4) is 0 Å². The van der Waals surface area contributed by atoms with Gasteiger partial charge in [0, 0.05) is 42.9 Å². The monoisotopic (exact) mass is 641 g/mol. The summed E-state index contributed by atoms with van der Waals surface area (Å²) in [6, 6.07) is 8.85. The van der Waals surface area contributed by atoms with E-state index in [-0.39, 0.29) is 47.3 Å². The summed E-state index contributed by atoms with van der Waals surface area (Å²) in [5, 5.41) is 13.9. The molecule has 0 aliphatic heterocycles. The van der Waals surface area contributed by atoms with Gasteiger partial charge in [-0.2, -0.15) is 36.6 Å². The zero-order valence-electron chi connectivity index (χ0n) is 22.4. The minimum absolute atomic E-state index is 0.0334. The van der Waals surface area contributed by atoms with Crippen molar-refractivity contribution in [2.75, 3.05) is 26.4 Å². The number of carbonyl (C=O) groups excluding carboxylic acids is 1. The smallest absolute Gasteiger partial charge is 0.420 e. The van der Waals surface area contributed by atoms with Crippen molar-refractivity contribution in [3.63, 3.8) is 0 Å². The standard InChI is InChI=1S/C24H19ClF3N7O3.CH4O3S/c1-33(8-5-29)23(37)35-21-17(3-2-6-31-21)19(32-35)13-34-7-4-18(24(26,27)28)20(22(34)36)38-16-10-14(12-30)9-15(25)11-16;1-5(2,3)4/h2-4,6-7,9-11H,5,8,13,29H2,1H3;1H3,(H,2,3,4). The number of alkyl halides is 3. The quantitative estimate of drug-likeness (QED) is 0.296. The number of rotatable bonds is 6. The molecule has 13 nitrogen and oxygen atoms in total. The Kier molecular flexibility index (Phi) is 10.1. The molecule has 1 amide bonds. The molecule has 0 atom stereocenters. The van der Waals surface area contributed by atoms with E-state index in [2.05, 4.69) is 10.1 Å². The Hall–Kier alpha value is -4.50. The molecule has 4 rings (SSSR count). The van der Waals surface area contributed by atoms with Gasteiger partial charge in [-0.3, -0.25) is 9.35 Å². The number of aromatic nitrogens is 4. The van der Waals surface area contributed by atoms with Gasteiger partial charge in [-0.05, 0) is 36.4 Å². The van der Waals surface area contributed by atoms with Gasteiger partial charge >= 0.3 is 12.2 Å². The lowest BCUT2D eigenvalue weighted by atomic mass is 10.2. The number of benzene rings is 1. The summed E-state index contributed by atoms with van der Waals surface area (Å²) >= 11 is 5.94. The van der Waals surface area contributed by atoms with Gasteiger partial charge in [-0.15, -0.1) is 0 Å². The number of carbonyl (C=O) groups is 1. The van der Waals surface area contributed by atoms with Crippen molar-refractivity contribution in [2.24, 2.45) is 5.73 Å². The van der Waals surface area contributed by atoms with Crippen LogP contribution in [-0.4, -0.2) is 69.6 Å². The highest BCUT2D eigenvalue weighted by molar-refractivity contribution is 7.85. The summed E-state index contributed by atoms with van der Waals surface area (Å²) in [5.74, 6) is -1.23. The predicted molar refractivity (Wildman–Crippen MR) is 149 cm³/mol. The number of ether oxygens (including phenoxy) is 1. The van der Waals surface area contributed by atoms with Gasteiger partial charge in [0.15, 0.2) is 5.65 Å². The molecule has 0 saturated heterocycles. The molecule has 0 fully saturated rings. The van der Waals surface area contributed by atoms with E-state index in [1.165, 1.54) is 30.3 Å². The van der Waals surface area contributed by atoms with Crippen LogP contribution in [0.15, 0.2) is 53.6 Å². The number of fused-ring (bicyclic) bond motifs is 1. The molecule has 3 N–H and O–H groups in total. The molecule has 4 aromatic rings. The number of hydrogen-bond donors (Lipinski definition) is 2. The van der Waals surface area contributed by atoms with Crippen molar-refractivity contribution in [3.05, 3.63) is 81.0 Å². The number of nitrogens with two attached hydrogens (primary N) is 1. The number of pyridine rings is 2. The topological polar surface area (TPSA) is 186 Å². The highest BCUT2D eigenvalue weighted by Crippen LogP contribution is 2.36. The Bertz CT molecular complexity index is 1860. The number of nitriles is 1. The molecular weight excluding hydrogens is 619 g/mol. The van der Waals surface area contributed by atoms with E-state index in [0.29, 0.717) is 17.7 Å². The Morgan fingerprint density at radius 2 is 1.95 bits per heavy atom. The third-order valence-electron chi connectivity index (χ3n) is 5.46. The second kappa shape index (κ2) is 13.2. The molecule has 3 aromatic heterocycles. The van der Waals surface area contributed by atoms with E-state index in [4.69, 9.17) is 31.9 Å². The van der Waals surface area contributed by atoms with Gasteiger partial charge in [0.1, 0.15) is 11.3 Å². The van der Waals surface area contributed by atoms with Crippen molar-refractivity contribution < 1.29 is 35.7 Å². The van der Waals surface area contributed by atoms with E-state index in [9.17, 15) is 31.2 Å². The van der Waals surface area contributed by atoms with Crippen molar-refractivity contribution in [1.82, 2.24) is 24.2 Å². The van der Waals surface area contributed by atoms with E-state index in [0.717, 1.165) is 21.5 Å². The third-order valence-corrected chi connectivity index (χ3v) is 5.68. The van der Waals surface area contributed by atoms with Crippen molar-refractivity contribution in [3.8, 4) is 17.6 Å². The fraction of sp³-hybridized carbons (Fsp3) is 0.240. The fourth-order valence-electron chi connectivity index (χ4n) is 3.68. The Morgan fingerprint density at radius 1 is 1.28 bits per heavy atom. The Balaban J connectivity index is 0.000000934. The van der Waals surface area contributed by atoms with Crippen molar-refractivity contribution in [1.29, 1.82) is 5.26 Å². The molecule has 0 aliphatic carbocycles. The summed E-state index contributed by atoms with van der Waals surface area (Å²) in [4.78, 5) is 31.6. The predicted octanol–water partition coefficient (Wildman–Crippen LogP) is 3.34. The summed E-state index contributed by atoms with van der Waals surface area (Å²) in [6.07, 6.45) is -1.78. The lowest BCUT2D eigenvalue weighted by Gasteiger charge is -2.16. The van der Waals surface area contributed by atoms with Gasteiger partial charge in [0.05, 0.1) is 30.1 Å². The molecule has 3 heterocycles. The largest absolute Gasteiger partial charge is 0.451 e. The van der Waals surface area contributed by atoms with E-state index >= 15 is 0 Å². The first-order valence-corrected chi connectivity index (χ1v) is 14.2. The van der Waals surface area contributed by atoms with Gasteiger partial charge in [0.25, 0.3) is 15.7 Å². The fourth-order valence-corrected chi connectivity index (χ4v) is 3.90. The van der Waals surface area contributed by atoms with Gasteiger partial charge in [0.2, 0.25) is 5.75 Å². The molecule has 18 heteroatoms. The number of likely N-dealkylation sites (N-methyl/N-ethyl adjacent to an activating group) is 1. The van der Waals surface area contributed by atoms with E-state index in [1.807, 2.05) is 6.07 Å². The molecule has 43 heavy (non-hydrogen) atoms. The number of halogens is 4. The summed E-state index contributed by atoms with van der Waals surface area (Å²) in [7, 11) is -2.14. The summed E-state index contributed by atoms with van der Waals surface area (Å²) in [5.41, 5.74) is 3.55. The molecule has 0 unspecified atom stereocenters. The third kappa shape index (κ3) is 8.51. The van der Waals surface area contributed by atoms with Crippen molar-refractivity contribution in [2.45, 2.75) is 12.7 Å². The Labute approximate surface area is 247 Å². The highest BCUT2D eigenvalue weighted by Gasteiger charge is 2.37. The number of amides is 1. The number of hydrogen-bond acceptors (Lipinski definition) is 9. The zero-order chi connectivity index (χ0) is 32.1. The normalized spacial score (nSPS) is 11.4. The van der Waals surface area contributed by atoms with Crippen LogP contribution in [0.2, 0.25) is 5.02 Å². The molecule has 0 saturated carbocycles. The molecule has 0 bridgehead atoms. The molecule has 0 radical (unpaired) electrons. The number of nitrogens with zero attached hydrogens (tertiary/aromatic N) is 6. The van der Waals surface area contributed by atoms with Crippen LogP contribution >= 0.6 is 11.6 Å². The van der Waals surface area contributed by atoms with Crippen LogP contribution in [-0.2, 0) is 22.8 Å². The summed E-state index contributed by atoms with van der Waals surface area (Å²) in [6.45, 7) is 0.168. The van der Waals surface area contributed by atoms with Gasteiger partial charge in [-0.1, -0.05) is 11.6 Å². The first-order chi connectivity index (χ1) is 20.0. The molecule has 228 valence electrons. The Morgan fingerprint density at radius 3 is 2.56 bits per heavy atom. The van der Waals surface area contributed by atoms with Crippen LogP contribution in [0.4, 0.5) is 18.0 Å². The van der Waals surface area contributed by atoms with Crippen LogP contribution in [0.5, 0.6) is 11.5 Å². The van der Waals surface area contributed by atoms with Crippen molar-refractivity contribution >= 4 is 38.8 Å². The summed E-state index contributed by atoms with van der Waals surface area (Å²) < 4.78 is 74.6. The minimum atomic E-state index is -4.91. The lowest BCUT2D eigenvalue weighted by molar-refractivity contribution is -0.138. The first-order valence-electron chi connectivity index (χ1n) is 11.9. The second-order valence-corrected chi connectivity index (χ2v) is 10.7. The van der Waals surface area contributed by atoms with Crippen LogP contribution in [0.25, 0.3) is 11.0 Å². The first kappa shape index (κ1) is 33.0. The second-order valence-electron chi connectivity index (χ2n) is 8.84. The zero-order valence-corrected chi connectivity index (χ0v) is 24.0. The minimum Gasteiger partial charge on any atom is -0.451 e. The maximum Gasteiger partial charge on any atom is 0.420 e. The van der Waals surface area contributed by atoms with Crippen LogP contribution < -0.4 is 16.0 Å². The molecule has 0 aliphatic rings. The maximum absolute atomic E-state index is 13.8. The average Bonchev–Trinajstić information content (AvgIpc) is 3.27. The lowest BCUT2D eigenvalue weighted by Crippen LogP contribution is -2.35. The van der Waals surface area contributed by atoms with Crippen LogP contribution in [0.1, 0.15) is 16.8 Å². The molecular formula is C25H23ClF3N7O6S. The highest BCUT2D eigenvalue weighted by atomic mass is 35.5. The van der Waals surface area contributed by atoms with Gasteiger partial charge in [-0.25, -0.2) is 9.78 Å². The average molecular weight is 642 g/mol. The van der Waals surface area contributed by atoms with E-state index in [1.54, 1.807) is 12.1 Å². The maximum atomic E-state index is 13.8. The SMILES string of the molecule is CN(CCN)C(=O)n1nc(Cn2ccc(C(F)(F)F)c(Oc3cc(Cl)cc(C#N)c3)c2=O)c2cccnc21.CS(=O)(=O)O. The van der Waals surface area contributed by atoms with Gasteiger partial charge < -0.3 is 19.9 Å².